The van der Waals surface area contributed by atoms with Gasteiger partial charge in [0, 0.05) is 13.2 Å². The molecule has 0 aliphatic heterocycles. The van der Waals surface area contributed by atoms with E-state index in [0.717, 1.165) is 17.9 Å². The second-order valence-electron chi connectivity index (χ2n) is 7.35. The van der Waals surface area contributed by atoms with Crippen molar-refractivity contribution in [3.63, 3.8) is 0 Å². The molecule has 2 aliphatic carbocycles. The molecule has 1 saturated carbocycles. The molecule has 0 aromatic heterocycles. The van der Waals surface area contributed by atoms with Gasteiger partial charge in [-0.2, -0.15) is 0 Å². The highest BCUT2D eigenvalue weighted by atomic mass is 31.2. The Labute approximate surface area is 144 Å². The molecule has 0 aromatic rings. The number of carbonyl (C=O) groups excluding carboxylic acids is 1. The van der Waals surface area contributed by atoms with E-state index in [9.17, 15) is 19.5 Å². The molecule has 0 heterocycles. The lowest BCUT2D eigenvalue weighted by molar-refractivity contribution is -0.176. The van der Waals surface area contributed by atoms with Gasteiger partial charge in [-0.05, 0) is 31.6 Å². The van der Waals surface area contributed by atoms with Crippen LogP contribution in [0.2, 0.25) is 0 Å². The highest BCUT2D eigenvalue weighted by Crippen LogP contribution is 2.46. The highest BCUT2D eigenvalue weighted by molar-refractivity contribution is 7.57. The first-order chi connectivity index (χ1) is 11.1. The minimum absolute atomic E-state index is 0.0886. The van der Waals surface area contributed by atoms with Crippen molar-refractivity contribution in [2.24, 2.45) is 11.8 Å². The van der Waals surface area contributed by atoms with E-state index in [4.69, 9.17) is 0 Å². The van der Waals surface area contributed by atoms with Gasteiger partial charge in [-0.15, -0.1) is 0 Å². The van der Waals surface area contributed by atoms with E-state index >= 15 is 0 Å². The van der Waals surface area contributed by atoms with Crippen molar-refractivity contribution in [2.45, 2.75) is 51.5 Å². The summed E-state index contributed by atoms with van der Waals surface area (Å²) in [5, 5.41) is 11.1. The normalized spacial score (nSPS) is 22.8. The minimum atomic E-state index is -3.38. The minimum Gasteiger partial charge on any atom is -0.343 e. The van der Waals surface area contributed by atoms with Crippen LogP contribution in [0, 0.1) is 11.8 Å². The van der Waals surface area contributed by atoms with Gasteiger partial charge in [-0.25, -0.2) is 5.06 Å². The molecule has 0 aromatic carbocycles. The van der Waals surface area contributed by atoms with Gasteiger partial charge in [-0.3, -0.25) is 19.5 Å². The van der Waals surface area contributed by atoms with Crippen molar-refractivity contribution in [1.29, 1.82) is 0 Å². The summed E-state index contributed by atoms with van der Waals surface area (Å²) >= 11 is 0. The van der Waals surface area contributed by atoms with Crippen molar-refractivity contribution in [1.82, 2.24) is 9.96 Å². The van der Waals surface area contributed by atoms with Crippen LogP contribution in [0.3, 0.4) is 0 Å². The molecule has 7 heteroatoms. The van der Waals surface area contributed by atoms with Crippen LogP contribution < -0.4 is 0 Å². The van der Waals surface area contributed by atoms with Gasteiger partial charge in [0.05, 0.1) is 17.9 Å². The molecule has 0 bridgehead atoms. The zero-order valence-corrected chi connectivity index (χ0v) is 15.8. The van der Waals surface area contributed by atoms with Crippen LogP contribution in [0.1, 0.15) is 33.6 Å². The SMILES string of the molecule is CC(C)C(C(=O)N(O)C1C=CC=C1)N(CC1CC1)C(C)P(C)(=O)O. The predicted octanol–water partition coefficient (Wildman–Crippen LogP) is 2.68. The van der Waals surface area contributed by atoms with Crippen molar-refractivity contribution in [3.05, 3.63) is 24.3 Å². The third-order valence-corrected chi connectivity index (χ3v) is 6.50. The van der Waals surface area contributed by atoms with Gasteiger partial charge in [0.1, 0.15) is 0 Å². The van der Waals surface area contributed by atoms with Crippen LogP contribution in [0.5, 0.6) is 0 Å². The van der Waals surface area contributed by atoms with E-state index in [2.05, 4.69) is 0 Å². The standard InChI is InChI=1S/C17H29N2O4P/c1-12(2)16(17(20)19(21)15-7-5-6-8-15)18(11-14-9-10-14)13(3)24(4,22)23/h5-8,12-16,21H,9-11H2,1-4H3,(H,22,23). The molecule has 0 radical (unpaired) electrons. The fourth-order valence-corrected chi connectivity index (χ4v) is 3.84. The van der Waals surface area contributed by atoms with Crippen molar-refractivity contribution in [2.75, 3.05) is 13.2 Å². The maximum absolute atomic E-state index is 12.9. The number of rotatable bonds is 8. The van der Waals surface area contributed by atoms with Crippen LogP contribution in [0.4, 0.5) is 0 Å². The summed E-state index contributed by atoms with van der Waals surface area (Å²) in [6.45, 7) is 7.45. The fraction of sp³-hybridized carbons (Fsp3) is 0.706. The molecule has 0 spiro atoms. The van der Waals surface area contributed by atoms with Crippen LogP contribution in [-0.2, 0) is 9.36 Å². The first-order valence-corrected chi connectivity index (χ1v) is 10.7. The quantitative estimate of drug-likeness (QED) is 0.397. The molecular formula is C17H29N2O4P. The monoisotopic (exact) mass is 356 g/mol. The van der Waals surface area contributed by atoms with Crippen LogP contribution >= 0.6 is 7.37 Å². The molecule has 2 rings (SSSR count). The lowest BCUT2D eigenvalue weighted by Crippen LogP contribution is -2.55. The van der Waals surface area contributed by atoms with E-state index in [1.165, 1.54) is 6.66 Å². The Balaban J connectivity index is 2.26. The Hall–Kier alpha value is -0.940. The molecule has 2 aliphatic rings. The van der Waals surface area contributed by atoms with Gasteiger partial charge in [0.2, 0.25) is 7.37 Å². The maximum atomic E-state index is 12.9. The molecule has 3 atom stereocenters. The molecule has 1 amide bonds. The average molecular weight is 356 g/mol. The number of allylic oxidation sites excluding steroid dienone is 2. The second kappa shape index (κ2) is 7.52. The first kappa shape index (κ1) is 19.4. The Morgan fingerprint density at radius 2 is 1.79 bits per heavy atom. The Morgan fingerprint density at radius 1 is 1.25 bits per heavy atom. The second-order valence-corrected chi connectivity index (χ2v) is 9.98. The fourth-order valence-electron chi connectivity index (χ4n) is 3.05. The van der Waals surface area contributed by atoms with Crippen molar-refractivity contribution >= 4 is 13.3 Å². The molecule has 136 valence electrons. The topological polar surface area (TPSA) is 81.1 Å². The molecule has 3 unspecified atom stereocenters. The average Bonchev–Trinajstić information content (AvgIpc) is 3.13. The zero-order valence-electron chi connectivity index (χ0n) is 14.9. The lowest BCUT2D eigenvalue weighted by atomic mass is 10.00. The van der Waals surface area contributed by atoms with E-state index < -0.39 is 31.1 Å². The number of carbonyl (C=O) groups is 1. The Kier molecular flexibility index (Phi) is 6.08. The first-order valence-electron chi connectivity index (χ1n) is 8.55. The third kappa shape index (κ3) is 4.57. The predicted molar refractivity (Wildman–Crippen MR) is 94.0 cm³/mol. The van der Waals surface area contributed by atoms with Gasteiger partial charge in [0.25, 0.3) is 5.91 Å². The van der Waals surface area contributed by atoms with E-state index in [-0.39, 0.29) is 5.92 Å². The summed E-state index contributed by atoms with van der Waals surface area (Å²) in [5.41, 5.74) is 0. The summed E-state index contributed by atoms with van der Waals surface area (Å²) in [4.78, 5) is 24.8. The van der Waals surface area contributed by atoms with E-state index in [1.807, 2.05) is 18.7 Å². The Morgan fingerprint density at radius 3 is 2.21 bits per heavy atom. The van der Waals surface area contributed by atoms with Gasteiger partial charge < -0.3 is 4.89 Å². The van der Waals surface area contributed by atoms with Gasteiger partial charge in [0.15, 0.2) is 0 Å². The van der Waals surface area contributed by atoms with Gasteiger partial charge >= 0.3 is 0 Å². The van der Waals surface area contributed by atoms with E-state index in [0.29, 0.717) is 12.5 Å². The molecule has 0 saturated heterocycles. The van der Waals surface area contributed by atoms with Crippen LogP contribution in [-0.4, -0.2) is 57.0 Å². The van der Waals surface area contributed by atoms with Gasteiger partial charge in [-0.1, -0.05) is 38.2 Å². The molecule has 24 heavy (non-hydrogen) atoms. The molecule has 1 fully saturated rings. The number of hydrogen-bond donors (Lipinski definition) is 2. The van der Waals surface area contributed by atoms with Crippen LogP contribution in [0.15, 0.2) is 24.3 Å². The lowest BCUT2D eigenvalue weighted by Gasteiger charge is -2.40. The van der Waals surface area contributed by atoms with Crippen molar-refractivity contribution < 1.29 is 19.5 Å². The maximum Gasteiger partial charge on any atom is 0.264 e. The summed E-state index contributed by atoms with van der Waals surface area (Å²) in [5.74, 6) is -0.676. The number of nitrogens with zero attached hydrogens (tertiary/aromatic N) is 2. The zero-order chi connectivity index (χ0) is 18.1. The number of hydroxylamine groups is 2. The Bertz CT molecular complexity index is 553. The van der Waals surface area contributed by atoms with Crippen LogP contribution in [0.25, 0.3) is 0 Å². The number of hydrogen-bond acceptors (Lipinski definition) is 4. The summed E-state index contributed by atoms with van der Waals surface area (Å²) in [6, 6.07) is -1.10. The van der Waals surface area contributed by atoms with E-state index in [1.54, 1.807) is 31.2 Å². The summed E-state index contributed by atoms with van der Waals surface area (Å²) < 4.78 is 12.2. The number of amides is 1. The molecular weight excluding hydrogens is 327 g/mol. The highest BCUT2D eigenvalue weighted by Gasteiger charge is 2.42. The summed E-state index contributed by atoms with van der Waals surface area (Å²) in [7, 11) is -3.38. The summed E-state index contributed by atoms with van der Waals surface area (Å²) in [6.07, 6.45) is 9.20. The smallest absolute Gasteiger partial charge is 0.264 e. The largest absolute Gasteiger partial charge is 0.343 e. The molecule has 6 nitrogen and oxygen atoms in total. The third-order valence-electron chi connectivity index (χ3n) is 4.82. The van der Waals surface area contributed by atoms with Crippen molar-refractivity contribution in [3.8, 4) is 0 Å². The molecule has 2 N–H and O–H groups in total.